The molecule has 4 nitrogen and oxygen atoms in total. The Morgan fingerprint density at radius 2 is 2.35 bits per heavy atom. The van der Waals surface area contributed by atoms with Crippen LogP contribution in [-0.4, -0.2) is 22.6 Å². The van der Waals surface area contributed by atoms with E-state index in [0.717, 1.165) is 10.6 Å². The first-order chi connectivity index (χ1) is 9.79. The number of nitrogens with one attached hydrogen (secondary N) is 1. The Kier molecular flexibility index (Phi) is 5.30. The summed E-state index contributed by atoms with van der Waals surface area (Å²) in [7, 11) is 0. The first-order valence-electron chi connectivity index (χ1n) is 6.16. The molecule has 0 radical (unpaired) electrons. The summed E-state index contributed by atoms with van der Waals surface area (Å²) in [5.41, 5.74) is 1.33. The van der Waals surface area contributed by atoms with E-state index in [-0.39, 0.29) is 12.5 Å². The van der Waals surface area contributed by atoms with Gasteiger partial charge in [0.05, 0.1) is 13.2 Å². The number of nitrogens with zero attached hydrogens (tertiary/aromatic N) is 1. The third-order valence-electron chi connectivity index (χ3n) is 2.48. The van der Waals surface area contributed by atoms with E-state index in [1.807, 2.05) is 11.4 Å². The summed E-state index contributed by atoms with van der Waals surface area (Å²) in [4.78, 5) is 16.1. The van der Waals surface area contributed by atoms with E-state index in [1.54, 1.807) is 24.4 Å². The second-order valence-electron chi connectivity index (χ2n) is 3.96. The minimum Gasteiger partial charge on any atom is -0.395 e. The number of thiazole rings is 1. The molecule has 0 aliphatic rings. The second-order valence-corrected chi connectivity index (χ2v) is 4.94. The molecule has 0 saturated carbocycles. The molecule has 0 fully saturated rings. The van der Waals surface area contributed by atoms with Gasteiger partial charge in [0.1, 0.15) is 5.01 Å². The van der Waals surface area contributed by atoms with Crippen molar-refractivity contribution < 1.29 is 9.90 Å². The van der Waals surface area contributed by atoms with Crippen molar-refractivity contribution in [2.24, 2.45) is 0 Å². The molecule has 2 aromatic rings. The maximum atomic E-state index is 12.0. The summed E-state index contributed by atoms with van der Waals surface area (Å²) in [6, 6.07) is 7.11. The molecule has 5 heteroatoms. The quantitative estimate of drug-likeness (QED) is 0.843. The van der Waals surface area contributed by atoms with Gasteiger partial charge in [0.2, 0.25) is 0 Å². The lowest BCUT2D eigenvalue weighted by Crippen LogP contribution is -2.22. The smallest absolute Gasteiger partial charge is 0.251 e. The molecule has 1 heterocycles. The van der Waals surface area contributed by atoms with Crippen LogP contribution < -0.4 is 5.32 Å². The van der Waals surface area contributed by atoms with Crippen molar-refractivity contribution in [1.82, 2.24) is 10.3 Å². The van der Waals surface area contributed by atoms with Crippen LogP contribution in [0.15, 0.2) is 35.8 Å². The van der Waals surface area contributed by atoms with Gasteiger partial charge in [-0.25, -0.2) is 4.98 Å². The summed E-state index contributed by atoms with van der Waals surface area (Å²) in [5, 5.41) is 14.2. The Morgan fingerprint density at radius 1 is 1.45 bits per heavy atom. The third-order valence-corrected chi connectivity index (χ3v) is 3.26. The molecule has 1 aromatic carbocycles. The van der Waals surface area contributed by atoms with Gasteiger partial charge in [0, 0.05) is 29.1 Å². The van der Waals surface area contributed by atoms with Crippen molar-refractivity contribution in [2.45, 2.75) is 13.0 Å². The van der Waals surface area contributed by atoms with Gasteiger partial charge in [0.25, 0.3) is 5.91 Å². The number of rotatable bonds is 4. The zero-order chi connectivity index (χ0) is 14.2. The standard InChI is InChI=1S/C15H14N2O2S/c18-8-2-1-4-12-5-3-6-13(10-12)15(19)17-11-14-16-7-9-20-14/h3,5-7,9-10,18H,2,8,11H2,(H,17,19). The van der Waals surface area contributed by atoms with Crippen LogP contribution in [0.2, 0.25) is 0 Å². The number of hydrogen-bond acceptors (Lipinski definition) is 4. The SMILES string of the molecule is O=C(NCc1nccs1)c1cccc(C#CCCO)c1. The van der Waals surface area contributed by atoms with E-state index < -0.39 is 0 Å². The van der Waals surface area contributed by atoms with Crippen molar-refractivity contribution in [3.63, 3.8) is 0 Å². The molecule has 2 rings (SSSR count). The van der Waals surface area contributed by atoms with Gasteiger partial charge < -0.3 is 10.4 Å². The lowest BCUT2D eigenvalue weighted by molar-refractivity contribution is 0.0951. The van der Waals surface area contributed by atoms with Gasteiger partial charge in [-0.2, -0.15) is 0 Å². The predicted molar refractivity (Wildman–Crippen MR) is 78.3 cm³/mol. The molecule has 0 atom stereocenters. The predicted octanol–water partition coefficient (Wildman–Crippen LogP) is 1.81. The molecule has 0 bridgehead atoms. The molecule has 2 N–H and O–H groups in total. The molecule has 20 heavy (non-hydrogen) atoms. The number of carbonyl (C=O) groups excluding carboxylic acids is 1. The zero-order valence-corrected chi connectivity index (χ0v) is 11.6. The summed E-state index contributed by atoms with van der Waals surface area (Å²) in [6.07, 6.45) is 2.14. The minimum atomic E-state index is -0.147. The molecular weight excluding hydrogens is 272 g/mol. The molecular formula is C15H14N2O2S. The average Bonchev–Trinajstić information content (AvgIpc) is 2.99. The lowest BCUT2D eigenvalue weighted by Gasteiger charge is -2.03. The topological polar surface area (TPSA) is 62.2 Å². The Balaban J connectivity index is 1.99. The van der Waals surface area contributed by atoms with Gasteiger partial charge in [-0.05, 0) is 18.2 Å². The highest BCUT2D eigenvalue weighted by atomic mass is 32.1. The summed E-state index contributed by atoms with van der Waals surface area (Å²) in [6.45, 7) is 0.470. The molecule has 0 aliphatic heterocycles. The molecule has 1 aromatic heterocycles. The fourth-order valence-corrected chi connectivity index (χ4v) is 2.11. The zero-order valence-electron chi connectivity index (χ0n) is 10.8. The highest BCUT2D eigenvalue weighted by molar-refractivity contribution is 7.09. The maximum Gasteiger partial charge on any atom is 0.251 e. The van der Waals surface area contributed by atoms with Gasteiger partial charge in [-0.15, -0.1) is 11.3 Å². The average molecular weight is 286 g/mol. The molecule has 0 spiro atoms. The van der Waals surface area contributed by atoms with Crippen LogP contribution in [0.4, 0.5) is 0 Å². The largest absolute Gasteiger partial charge is 0.395 e. The van der Waals surface area contributed by atoms with Crippen molar-refractivity contribution in [3.8, 4) is 11.8 Å². The molecule has 0 aliphatic carbocycles. The van der Waals surface area contributed by atoms with Crippen molar-refractivity contribution in [2.75, 3.05) is 6.61 Å². The van der Waals surface area contributed by atoms with Crippen LogP contribution in [-0.2, 0) is 6.54 Å². The van der Waals surface area contributed by atoms with E-state index in [4.69, 9.17) is 5.11 Å². The van der Waals surface area contributed by atoms with Crippen LogP contribution >= 0.6 is 11.3 Å². The third kappa shape index (κ3) is 4.19. The van der Waals surface area contributed by atoms with Crippen molar-refractivity contribution in [1.29, 1.82) is 0 Å². The van der Waals surface area contributed by atoms with E-state index in [1.165, 1.54) is 11.3 Å². The van der Waals surface area contributed by atoms with E-state index in [9.17, 15) is 4.79 Å². The molecule has 0 saturated heterocycles. The lowest BCUT2D eigenvalue weighted by atomic mass is 10.1. The van der Waals surface area contributed by atoms with Crippen LogP contribution in [0.25, 0.3) is 0 Å². The van der Waals surface area contributed by atoms with Gasteiger partial charge in [-0.3, -0.25) is 4.79 Å². The first-order valence-corrected chi connectivity index (χ1v) is 7.04. The van der Waals surface area contributed by atoms with Crippen molar-refractivity contribution in [3.05, 3.63) is 52.0 Å². The number of amides is 1. The van der Waals surface area contributed by atoms with Crippen molar-refractivity contribution >= 4 is 17.2 Å². The van der Waals surface area contributed by atoms with Crippen LogP contribution in [0, 0.1) is 11.8 Å². The van der Waals surface area contributed by atoms with Gasteiger partial charge in [-0.1, -0.05) is 17.9 Å². The maximum absolute atomic E-state index is 12.0. The molecule has 0 unspecified atom stereocenters. The number of aromatic nitrogens is 1. The van der Waals surface area contributed by atoms with Gasteiger partial charge >= 0.3 is 0 Å². The highest BCUT2D eigenvalue weighted by Gasteiger charge is 2.06. The second kappa shape index (κ2) is 7.43. The Morgan fingerprint density at radius 3 is 3.10 bits per heavy atom. The normalized spacial score (nSPS) is 9.65. The van der Waals surface area contributed by atoms with Crippen LogP contribution in [0.1, 0.15) is 27.3 Å². The first kappa shape index (κ1) is 14.3. The number of benzene rings is 1. The summed E-state index contributed by atoms with van der Waals surface area (Å²) >= 11 is 1.50. The summed E-state index contributed by atoms with van der Waals surface area (Å²) < 4.78 is 0. The Hall–Kier alpha value is -2.16. The Labute approximate surface area is 121 Å². The fraction of sp³-hybridized carbons (Fsp3) is 0.200. The van der Waals surface area contributed by atoms with E-state index in [0.29, 0.717) is 18.5 Å². The highest BCUT2D eigenvalue weighted by Crippen LogP contribution is 2.06. The number of aliphatic hydroxyl groups is 1. The summed E-state index contributed by atoms with van der Waals surface area (Å²) in [5.74, 6) is 5.59. The monoisotopic (exact) mass is 286 g/mol. The van der Waals surface area contributed by atoms with E-state index in [2.05, 4.69) is 22.1 Å². The Bertz CT molecular complexity index is 627. The van der Waals surface area contributed by atoms with Crippen LogP contribution in [0.5, 0.6) is 0 Å². The fourth-order valence-electron chi connectivity index (χ4n) is 1.56. The molecule has 1 amide bonds. The number of aliphatic hydroxyl groups excluding tert-OH is 1. The molecule has 102 valence electrons. The minimum absolute atomic E-state index is 0.0426. The number of hydrogen-bond donors (Lipinski definition) is 2. The van der Waals surface area contributed by atoms with Gasteiger partial charge in [0.15, 0.2) is 0 Å². The van der Waals surface area contributed by atoms with E-state index >= 15 is 0 Å². The number of carbonyl (C=O) groups is 1. The van der Waals surface area contributed by atoms with Crippen LogP contribution in [0.3, 0.4) is 0 Å².